The SMILES string of the molecule is c1cncc(CN2Cc3cccn3Cc3ccccc32)c1. The molecule has 3 heterocycles. The van der Waals surface area contributed by atoms with Gasteiger partial charge in [0.15, 0.2) is 0 Å². The molecular weight excluding hydrogens is 258 g/mol. The van der Waals surface area contributed by atoms with E-state index < -0.39 is 0 Å². The maximum atomic E-state index is 4.23. The molecule has 3 aromatic rings. The Morgan fingerprint density at radius 1 is 0.952 bits per heavy atom. The van der Waals surface area contributed by atoms with Crippen LogP contribution in [0, 0.1) is 0 Å². The zero-order valence-electron chi connectivity index (χ0n) is 11.8. The molecule has 0 aliphatic carbocycles. The van der Waals surface area contributed by atoms with E-state index in [0.717, 1.165) is 19.6 Å². The average Bonchev–Trinajstić information content (AvgIpc) is 2.90. The summed E-state index contributed by atoms with van der Waals surface area (Å²) in [7, 11) is 0. The van der Waals surface area contributed by atoms with Crippen LogP contribution >= 0.6 is 0 Å². The van der Waals surface area contributed by atoms with Gasteiger partial charge in [0.1, 0.15) is 0 Å². The number of pyridine rings is 1. The predicted octanol–water partition coefficient (Wildman–Crippen LogP) is 3.45. The summed E-state index contributed by atoms with van der Waals surface area (Å²) in [4.78, 5) is 6.67. The topological polar surface area (TPSA) is 21.1 Å². The van der Waals surface area contributed by atoms with Gasteiger partial charge >= 0.3 is 0 Å². The van der Waals surface area contributed by atoms with E-state index in [1.807, 2.05) is 18.5 Å². The molecule has 0 unspecified atom stereocenters. The van der Waals surface area contributed by atoms with Crippen molar-refractivity contribution < 1.29 is 0 Å². The maximum Gasteiger partial charge on any atom is 0.0585 e. The van der Waals surface area contributed by atoms with E-state index >= 15 is 0 Å². The molecule has 104 valence electrons. The lowest BCUT2D eigenvalue weighted by atomic mass is 10.1. The van der Waals surface area contributed by atoms with Crippen molar-refractivity contribution in [2.75, 3.05) is 4.90 Å². The lowest BCUT2D eigenvalue weighted by molar-refractivity contribution is 0.734. The highest BCUT2D eigenvalue weighted by atomic mass is 15.2. The van der Waals surface area contributed by atoms with Crippen molar-refractivity contribution in [2.24, 2.45) is 0 Å². The first kappa shape index (κ1) is 12.2. The van der Waals surface area contributed by atoms with Gasteiger partial charge in [-0.15, -0.1) is 0 Å². The second kappa shape index (κ2) is 5.09. The Balaban J connectivity index is 1.75. The van der Waals surface area contributed by atoms with Gasteiger partial charge in [0.2, 0.25) is 0 Å². The molecule has 0 bridgehead atoms. The first-order valence-electron chi connectivity index (χ1n) is 7.26. The molecule has 0 saturated carbocycles. The van der Waals surface area contributed by atoms with Gasteiger partial charge in [-0.1, -0.05) is 24.3 Å². The van der Waals surface area contributed by atoms with E-state index in [1.54, 1.807) is 0 Å². The summed E-state index contributed by atoms with van der Waals surface area (Å²) in [6.07, 6.45) is 5.94. The third kappa shape index (κ3) is 2.31. The normalized spacial score (nSPS) is 13.4. The summed E-state index contributed by atoms with van der Waals surface area (Å²) in [5, 5.41) is 0. The monoisotopic (exact) mass is 275 g/mol. The molecule has 2 aromatic heterocycles. The summed E-state index contributed by atoms with van der Waals surface area (Å²) in [5.41, 5.74) is 5.30. The minimum absolute atomic E-state index is 0.885. The van der Waals surface area contributed by atoms with Crippen molar-refractivity contribution in [2.45, 2.75) is 19.6 Å². The Labute approximate surface area is 124 Å². The van der Waals surface area contributed by atoms with Crippen molar-refractivity contribution in [3.05, 3.63) is 83.9 Å². The predicted molar refractivity (Wildman–Crippen MR) is 84.1 cm³/mol. The van der Waals surface area contributed by atoms with E-state index in [9.17, 15) is 0 Å². The summed E-state index contributed by atoms with van der Waals surface area (Å²) >= 11 is 0. The van der Waals surface area contributed by atoms with E-state index in [1.165, 1.54) is 22.5 Å². The molecule has 21 heavy (non-hydrogen) atoms. The van der Waals surface area contributed by atoms with Crippen molar-refractivity contribution in [1.29, 1.82) is 0 Å². The second-order valence-electron chi connectivity index (χ2n) is 5.47. The third-order valence-corrected chi connectivity index (χ3v) is 4.05. The van der Waals surface area contributed by atoms with E-state index in [0.29, 0.717) is 0 Å². The molecule has 0 radical (unpaired) electrons. The lowest BCUT2D eigenvalue weighted by Crippen LogP contribution is -2.22. The fourth-order valence-corrected chi connectivity index (χ4v) is 3.02. The molecule has 3 heteroatoms. The summed E-state index contributed by atoms with van der Waals surface area (Å²) in [6.45, 7) is 2.76. The number of hydrogen-bond acceptors (Lipinski definition) is 2. The largest absolute Gasteiger partial charge is 0.361 e. The van der Waals surface area contributed by atoms with E-state index in [2.05, 4.69) is 63.1 Å². The summed E-state index contributed by atoms with van der Waals surface area (Å²) in [6, 6.07) is 17.2. The van der Waals surface area contributed by atoms with Gasteiger partial charge < -0.3 is 9.47 Å². The number of aromatic nitrogens is 2. The number of nitrogens with zero attached hydrogens (tertiary/aromatic N) is 3. The van der Waals surface area contributed by atoms with E-state index in [-0.39, 0.29) is 0 Å². The fraction of sp³-hybridized carbons (Fsp3) is 0.167. The molecule has 0 spiro atoms. The van der Waals surface area contributed by atoms with Crippen LogP contribution in [-0.4, -0.2) is 9.55 Å². The van der Waals surface area contributed by atoms with Gasteiger partial charge in [0.05, 0.1) is 6.54 Å². The van der Waals surface area contributed by atoms with Crippen LogP contribution in [0.5, 0.6) is 0 Å². The molecule has 3 nitrogen and oxygen atoms in total. The summed E-state index contributed by atoms with van der Waals surface area (Å²) < 4.78 is 2.34. The van der Waals surface area contributed by atoms with Gasteiger partial charge in [-0.25, -0.2) is 0 Å². The van der Waals surface area contributed by atoms with Gasteiger partial charge in [-0.2, -0.15) is 0 Å². The smallest absolute Gasteiger partial charge is 0.0585 e. The molecule has 4 rings (SSSR count). The molecule has 0 atom stereocenters. The number of para-hydroxylation sites is 1. The molecule has 1 aliphatic heterocycles. The Bertz CT molecular complexity index is 746. The highest BCUT2D eigenvalue weighted by Gasteiger charge is 2.18. The minimum atomic E-state index is 0.885. The molecule has 0 saturated heterocycles. The Hall–Kier alpha value is -2.55. The first-order valence-corrected chi connectivity index (χ1v) is 7.26. The van der Waals surface area contributed by atoms with Gasteiger partial charge in [0.25, 0.3) is 0 Å². The zero-order valence-corrected chi connectivity index (χ0v) is 11.8. The quantitative estimate of drug-likeness (QED) is 0.714. The highest BCUT2D eigenvalue weighted by molar-refractivity contribution is 5.55. The van der Waals surface area contributed by atoms with Crippen LogP contribution in [-0.2, 0) is 19.6 Å². The molecule has 0 N–H and O–H groups in total. The Kier molecular flexibility index (Phi) is 2.96. The highest BCUT2D eigenvalue weighted by Crippen LogP contribution is 2.28. The average molecular weight is 275 g/mol. The van der Waals surface area contributed by atoms with Crippen molar-refractivity contribution in [3.63, 3.8) is 0 Å². The van der Waals surface area contributed by atoms with Crippen LogP contribution in [0.4, 0.5) is 5.69 Å². The van der Waals surface area contributed by atoms with Crippen LogP contribution in [0.2, 0.25) is 0 Å². The minimum Gasteiger partial charge on any atom is -0.361 e. The number of anilines is 1. The molecule has 0 fully saturated rings. The van der Waals surface area contributed by atoms with E-state index in [4.69, 9.17) is 0 Å². The second-order valence-corrected chi connectivity index (χ2v) is 5.47. The lowest BCUT2D eigenvalue weighted by Gasteiger charge is -2.24. The van der Waals surface area contributed by atoms with Crippen molar-refractivity contribution in [1.82, 2.24) is 9.55 Å². The van der Waals surface area contributed by atoms with Gasteiger partial charge in [0, 0.05) is 43.1 Å². The molecular formula is C18H17N3. The molecule has 1 aliphatic rings. The number of fused-ring (bicyclic) bond motifs is 2. The molecule has 0 amide bonds. The van der Waals surface area contributed by atoms with Gasteiger partial charge in [-0.3, -0.25) is 4.98 Å². The third-order valence-electron chi connectivity index (χ3n) is 4.05. The number of benzene rings is 1. The first-order chi connectivity index (χ1) is 10.4. The Morgan fingerprint density at radius 3 is 2.81 bits per heavy atom. The van der Waals surface area contributed by atoms with Crippen LogP contribution in [0.3, 0.4) is 0 Å². The van der Waals surface area contributed by atoms with Crippen LogP contribution in [0.15, 0.2) is 67.1 Å². The molecule has 1 aromatic carbocycles. The number of hydrogen-bond donors (Lipinski definition) is 0. The van der Waals surface area contributed by atoms with Crippen LogP contribution < -0.4 is 4.90 Å². The Morgan fingerprint density at radius 2 is 1.90 bits per heavy atom. The summed E-state index contributed by atoms with van der Waals surface area (Å²) in [5.74, 6) is 0. The zero-order chi connectivity index (χ0) is 14.1. The standard InChI is InChI=1S/C18H17N3/c1-2-8-18-16(6-1)13-20-10-4-7-17(20)14-21(18)12-15-5-3-9-19-11-15/h1-11H,12-14H2. The van der Waals surface area contributed by atoms with Crippen molar-refractivity contribution >= 4 is 5.69 Å². The maximum absolute atomic E-state index is 4.23. The van der Waals surface area contributed by atoms with Crippen LogP contribution in [0.25, 0.3) is 0 Å². The van der Waals surface area contributed by atoms with Gasteiger partial charge in [-0.05, 0) is 35.4 Å². The fourth-order valence-electron chi connectivity index (χ4n) is 3.02. The van der Waals surface area contributed by atoms with Crippen LogP contribution in [0.1, 0.15) is 16.8 Å². The number of rotatable bonds is 2. The van der Waals surface area contributed by atoms with Crippen molar-refractivity contribution in [3.8, 4) is 0 Å².